The zero-order chi connectivity index (χ0) is 20.0. The molecule has 0 spiro atoms. The van der Waals surface area contributed by atoms with Gasteiger partial charge in [-0.05, 0) is 42.8 Å². The van der Waals surface area contributed by atoms with Gasteiger partial charge in [0.2, 0.25) is 5.95 Å². The first-order chi connectivity index (χ1) is 13.4. The third-order valence-electron chi connectivity index (χ3n) is 3.43. The lowest BCUT2D eigenvalue weighted by Crippen LogP contribution is -2.08. The molecule has 2 heterocycles. The number of anilines is 2. The summed E-state index contributed by atoms with van der Waals surface area (Å²) in [5, 5.41) is 2.72. The van der Waals surface area contributed by atoms with E-state index in [1.165, 1.54) is 12.1 Å². The van der Waals surface area contributed by atoms with Crippen LogP contribution in [0.25, 0.3) is 0 Å². The van der Waals surface area contributed by atoms with E-state index in [0.717, 1.165) is 17.7 Å². The summed E-state index contributed by atoms with van der Waals surface area (Å²) in [5.41, 5.74) is 0.232. The predicted molar refractivity (Wildman–Crippen MR) is 94.3 cm³/mol. The normalized spacial score (nSPS) is 11.1. The average Bonchev–Trinajstić information content (AvgIpc) is 2.67. The first kappa shape index (κ1) is 19.3. The Kier molecular flexibility index (Phi) is 5.87. The number of pyridine rings is 1. The number of ether oxygens (including phenoxy) is 2. The highest BCUT2D eigenvalue weighted by Gasteiger charge is 2.30. The number of aromatic nitrogens is 4. The first-order valence-electron chi connectivity index (χ1n) is 8.29. The SMILES string of the molecule is CCOc1nc(Nc2cccc(C(F)(F)F)c2)nc(OCc2ccncc2)n1. The van der Waals surface area contributed by atoms with E-state index in [9.17, 15) is 13.2 Å². The van der Waals surface area contributed by atoms with Crippen molar-refractivity contribution in [3.05, 3.63) is 59.9 Å². The second-order valence-electron chi connectivity index (χ2n) is 5.50. The van der Waals surface area contributed by atoms with Crippen LogP contribution in [0, 0.1) is 0 Å². The maximum atomic E-state index is 12.9. The van der Waals surface area contributed by atoms with Gasteiger partial charge in [0.1, 0.15) is 6.61 Å². The molecule has 2 aromatic heterocycles. The molecule has 0 aliphatic heterocycles. The largest absolute Gasteiger partial charge is 0.464 e. The zero-order valence-corrected chi connectivity index (χ0v) is 14.8. The summed E-state index contributed by atoms with van der Waals surface area (Å²) in [4.78, 5) is 16.1. The molecular weight excluding hydrogens is 375 g/mol. The van der Waals surface area contributed by atoms with E-state index in [1.807, 2.05) is 0 Å². The van der Waals surface area contributed by atoms with Gasteiger partial charge in [0, 0.05) is 18.1 Å². The molecule has 3 rings (SSSR count). The summed E-state index contributed by atoms with van der Waals surface area (Å²) < 4.78 is 49.5. The fourth-order valence-corrected chi connectivity index (χ4v) is 2.18. The predicted octanol–water partition coefficient (Wildman–Crippen LogP) is 4.01. The second kappa shape index (κ2) is 8.51. The lowest BCUT2D eigenvalue weighted by atomic mass is 10.2. The Morgan fingerprint density at radius 2 is 1.68 bits per heavy atom. The van der Waals surface area contributed by atoms with Crippen LogP contribution < -0.4 is 14.8 Å². The molecule has 0 saturated carbocycles. The van der Waals surface area contributed by atoms with Crippen molar-refractivity contribution in [1.29, 1.82) is 0 Å². The van der Waals surface area contributed by atoms with Gasteiger partial charge in [-0.1, -0.05) is 6.07 Å². The molecule has 0 radical (unpaired) electrons. The third-order valence-corrected chi connectivity index (χ3v) is 3.43. The summed E-state index contributed by atoms with van der Waals surface area (Å²) in [6.07, 6.45) is -1.21. The molecule has 0 unspecified atom stereocenters. The molecule has 0 aliphatic carbocycles. The Balaban J connectivity index is 1.81. The standard InChI is InChI=1S/C18H16F3N5O2/c1-2-27-16-24-15(23-14-5-3-4-13(10-14)18(19,20)21)25-17(26-16)28-11-12-6-8-22-9-7-12/h3-10H,2,11H2,1H3,(H,23,24,25,26). The van der Waals surface area contributed by atoms with Crippen molar-refractivity contribution < 1.29 is 22.6 Å². The fraction of sp³-hybridized carbons (Fsp3) is 0.222. The Morgan fingerprint density at radius 3 is 2.36 bits per heavy atom. The summed E-state index contributed by atoms with van der Waals surface area (Å²) in [7, 11) is 0. The van der Waals surface area contributed by atoms with Crippen LogP contribution >= 0.6 is 0 Å². The molecule has 1 N–H and O–H groups in total. The van der Waals surface area contributed by atoms with Gasteiger partial charge in [0.25, 0.3) is 0 Å². The number of hydrogen-bond donors (Lipinski definition) is 1. The van der Waals surface area contributed by atoms with Gasteiger partial charge >= 0.3 is 18.2 Å². The first-order valence-corrected chi connectivity index (χ1v) is 8.29. The Morgan fingerprint density at radius 1 is 0.964 bits per heavy atom. The van der Waals surface area contributed by atoms with Crippen molar-refractivity contribution in [2.45, 2.75) is 19.7 Å². The summed E-state index contributed by atoms with van der Waals surface area (Å²) in [6, 6.07) is 8.21. The van der Waals surface area contributed by atoms with Crippen LogP contribution in [0.5, 0.6) is 12.0 Å². The fourth-order valence-electron chi connectivity index (χ4n) is 2.18. The van der Waals surface area contributed by atoms with E-state index < -0.39 is 11.7 Å². The number of nitrogens with zero attached hydrogens (tertiary/aromatic N) is 4. The maximum absolute atomic E-state index is 12.9. The van der Waals surface area contributed by atoms with Gasteiger partial charge < -0.3 is 14.8 Å². The van der Waals surface area contributed by atoms with E-state index in [1.54, 1.807) is 31.5 Å². The van der Waals surface area contributed by atoms with Crippen LogP contribution in [0.2, 0.25) is 0 Å². The van der Waals surface area contributed by atoms with Gasteiger partial charge in [0.15, 0.2) is 0 Å². The van der Waals surface area contributed by atoms with Crippen molar-refractivity contribution in [2.24, 2.45) is 0 Å². The minimum atomic E-state index is -4.45. The average molecular weight is 391 g/mol. The summed E-state index contributed by atoms with van der Waals surface area (Å²) in [6.45, 7) is 2.24. The quantitative estimate of drug-likeness (QED) is 0.652. The third kappa shape index (κ3) is 5.29. The van der Waals surface area contributed by atoms with E-state index in [2.05, 4.69) is 25.3 Å². The van der Waals surface area contributed by atoms with Crippen LogP contribution in [0.15, 0.2) is 48.8 Å². The van der Waals surface area contributed by atoms with Crippen molar-refractivity contribution in [3.8, 4) is 12.0 Å². The molecular formula is C18H16F3N5O2. The minimum Gasteiger partial charge on any atom is -0.464 e. The number of hydrogen-bond acceptors (Lipinski definition) is 7. The van der Waals surface area contributed by atoms with E-state index in [4.69, 9.17) is 9.47 Å². The monoisotopic (exact) mass is 391 g/mol. The molecule has 146 valence electrons. The Labute approximate surface area is 158 Å². The maximum Gasteiger partial charge on any atom is 0.416 e. The van der Waals surface area contributed by atoms with E-state index >= 15 is 0 Å². The molecule has 10 heteroatoms. The number of rotatable bonds is 7. The zero-order valence-electron chi connectivity index (χ0n) is 14.8. The number of alkyl halides is 3. The van der Waals surface area contributed by atoms with Crippen LogP contribution in [0.1, 0.15) is 18.1 Å². The van der Waals surface area contributed by atoms with E-state index in [-0.39, 0.29) is 30.3 Å². The Bertz CT molecular complexity index is 923. The number of benzene rings is 1. The summed E-state index contributed by atoms with van der Waals surface area (Å²) >= 11 is 0. The Hall–Kier alpha value is -3.43. The second-order valence-corrected chi connectivity index (χ2v) is 5.50. The molecule has 0 atom stereocenters. The highest BCUT2D eigenvalue weighted by molar-refractivity contribution is 5.55. The van der Waals surface area contributed by atoms with Gasteiger partial charge in [0.05, 0.1) is 12.2 Å². The van der Waals surface area contributed by atoms with Crippen molar-refractivity contribution in [2.75, 3.05) is 11.9 Å². The van der Waals surface area contributed by atoms with Crippen LogP contribution in [0.4, 0.5) is 24.8 Å². The number of nitrogens with one attached hydrogen (secondary N) is 1. The molecule has 3 aromatic rings. The highest BCUT2D eigenvalue weighted by Crippen LogP contribution is 2.31. The minimum absolute atomic E-state index is 0.00232. The smallest absolute Gasteiger partial charge is 0.416 e. The lowest BCUT2D eigenvalue weighted by Gasteiger charge is -2.11. The number of halogens is 3. The van der Waals surface area contributed by atoms with Crippen LogP contribution in [-0.4, -0.2) is 26.5 Å². The van der Waals surface area contributed by atoms with Gasteiger partial charge in [-0.3, -0.25) is 4.98 Å². The lowest BCUT2D eigenvalue weighted by molar-refractivity contribution is -0.137. The van der Waals surface area contributed by atoms with Gasteiger partial charge in [-0.15, -0.1) is 4.98 Å². The van der Waals surface area contributed by atoms with Crippen molar-refractivity contribution in [1.82, 2.24) is 19.9 Å². The van der Waals surface area contributed by atoms with Crippen molar-refractivity contribution in [3.63, 3.8) is 0 Å². The summed E-state index contributed by atoms with van der Waals surface area (Å²) in [5.74, 6) is 0.00232. The molecule has 28 heavy (non-hydrogen) atoms. The molecule has 0 aliphatic rings. The van der Waals surface area contributed by atoms with Gasteiger partial charge in [-0.2, -0.15) is 23.1 Å². The molecule has 0 saturated heterocycles. The van der Waals surface area contributed by atoms with Gasteiger partial charge in [-0.25, -0.2) is 0 Å². The van der Waals surface area contributed by atoms with Crippen LogP contribution in [0.3, 0.4) is 0 Å². The molecule has 0 bridgehead atoms. The highest BCUT2D eigenvalue weighted by atomic mass is 19.4. The molecule has 7 nitrogen and oxygen atoms in total. The molecule has 1 aromatic carbocycles. The topological polar surface area (TPSA) is 82.0 Å². The van der Waals surface area contributed by atoms with E-state index in [0.29, 0.717) is 6.61 Å². The van der Waals surface area contributed by atoms with Crippen LogP contribution in [-0.2, 0) is 12.8 Å². The molecule has 0 amide bonds. The molecule has 0 fully saturated rings. The van der Waals surface area contributed by atoms with Crippen molar-refractivity contribution >= 4 is 11.6 Å².